The molecular weight excluding hydrogens is 328 g/mol. The second-order valence-corrected chi connectivity index (χ2v) is 7.68. The molecule has 2 N–H and O–H groups in total. The summed E-state index contributed by atoms with van der Waals surface area (Å²) < 4.78 is 0. The number of carbonyl (C=O) groups excluding carboxylic acids is 2. The van der Waals surface area contributed by atoms with Crippen molar-refractivity contribution in [1.82, 2.24) is 15.5 Å². The summed E-state index contributed by atoms with van der Waals surface area (Å²) in [6.45, 7) is 3.46. The van der Waals surface area contributed by atoms with Crippen LogP contribution >= 0.6 is 0 Å². The maximum atomic E-state index is 12.7. The molecule has 1 saturated carbocycles. The molecule has 2 aliphatic heterocycles. The first-order valence-corrected chi connectivity index (χ1v) is 9.91. The fraction of sp³-hybridized carbons (Fsp3) is 0.600. The molecule has 0 bridgehead atoms. The van der Waals surface area contributed by atoms with Crippen LogP contribution < -0.4 is 15.5 Å². The van der Waals surface area contributed by atoms with Crippen molar-refractivity contribution in [3.8, 4) is 0 Å². The molecule has 3 aliphatic rings. The third-order valence-electron chi connectivity index (χ3n) is 5.90. The van der Waals surface area contributed by atoms with Gasteiger partial charge in [-0.2, -0.15) is 0 Å². The number of hydrogen-bond donors (Lipinski definition) is 2. The third kappa shape index (κ3) is 3.70. The van der Waals surface area contributed by atoms with Gasteiger partial charge in [-0.25, -0.2) is 4.79 Å². The summed E-state index contributed by atoms with van der Waals surface area (Å²) in [6, 6.07) is 8.25. The zero-order valence-electron chi connectivity index (χ0n) is 15.2. The molecule has 3 amide bonds. The summed E-state index contributed by atoms with van der Waals surface area (Å²) in [7, 11) is 0. The smallest absolute Gasteiger partial charge is 0.321 e. The highest BCUT2D eigenvalue weighted by Crippen LogP contribution is 2.26. The van der Waals surface area contributed by atoms with E-state index in [1.165, 1.54) is 25.7 Å². The molecule has 6 heteroatoms. The van der Waals surface area contributed by atoms with Crippen molar-refractivity contribution in [1.29, 1.82) is 0 Å². The molecule has 0 radical (unpaired) electrons. The summed E-state index contributed by atoms with van der Waals surface area (Å²) in [5.41, 5.74) is 1.41. The van der Waals surface area contributed by atoms with Gasteiger partial charge in [-0.05, 0) is 43.9 Å². The van der Waals surface area contributed by atoms with Crippen molar-refractivity contribution in [2.24, 2.45) is 0 Å². The van der Waals surface area contributed by atoms with Crippen LogP contribution in [-0.2, 0) is 0 Å². The fourth-order valence-corrected chi connectivity index (χ4v) is 4.47. The Hall–Kier alpha value is -2.08. The average Bonchev–Trinajstić information content (AvgIpc) is 3.34. The highest BCUT2D eigenvalue weighted by molar-refractivity contribution is 5.98. The van der Waals surface area contributed by atoms with Crippen LogP contribution in [0.1, 0.15) is 48.9 Å². The van der Waals surface area contributed by atoms with E-state index >= 15 is 0 Å². The molecule has 0 spiro atoms. The molecule has 2 heterocycles. The second kappa shape index (κ2) is 7.66. The number of nitrogens with one attached hydrogen (secondary N) is 2. The molecule has 0 aromatic heterocycles. The molecule has 26 heavy (non-hydrogen) atoms. The number of amides is 3. The van der Waals surface area contributed by atoms with E-state index in [4.69, 9.17) is 0 Å². The Bertz CT molecular complexity index is 672. The first-order chi connectivity index (χ1) is 12.7. The van der Waals surface area contributed by atoms with E-state index < -0.39 is 0 Å². The summed E-state index contributed by atoms with van der Waals surface area (Å²) >= 11 is 0. The third-order valence-corrected chi connectivity index (χ3v) is 5.90. The van der Waals surface area contributed by atoms with E-state index in [0.717, 1.165) is 37.7 Å². The standard InChI is InChI=1S/C20H28N4O2/c25-19(22-16-9-12-23(14-16)17-6-1-2-7-17)15-5-3-8-18(13-15)24-11-4-10-21-20(24)26/h3,5,8,13,16-17H,1-2,4,6-7,9-12,14H2,(H,21,26)(H,22,25)/t16-/m1/s1. The van der Waals surface area contributed by atoms with E-state index in [9.17, 15) is 9.59 Å². The lowest BCUT2D eigenvalue weighted by Gasteiger charge is -2.27. The minimum absolute atomic E-state index is 0.0393. The van der Waals surface area contributed by atoms with Crippen LogP contribution in [-0.4, -0.2) is 55.1 Å². The van der Waals surface area contributed by atoms with E-state index in [2.05, 4.69) is 15.5 Å². The lowest BCUT2D eigenvalue weighted by molar-refractivity contribution is 0.0936. The normalized spacial score (nSPS) is 24.7. The van der Waals surface area contributed by atoms with Gasteiger partial charge in [0.15, 0.2) is 0 Å². The second-order valence-electron chi connectivity index (χ2n) is 7.68. The molecular formula is C20H28N4O2. The summed E-state index contributed by atoms with van der Waals surface area (Å²) in [6.07, 6.45) is 7.24. The number of rotatable bonds is 4. The number of nitrogens with zero attached hydrogens (tertiary/aromatic N) is 2. The molecule has 1 aromatic carbocycles. The van der Waals surface area contributed by atoms with Gasteiger partial charge in [-0.1, -0.05) is 18.9 Å². The SMILES string of the molecule is O=C(N[C@@H]1CCN(C2CCCC2)C1)c1cccc(N2CCCNC2=O)c1. The van der Waals surface area contributed by atoms with E-state index in [1.54, 1.807) is 4.90 Å². The van der Waals surface area contributed by atoms with Gasteiger partial charge in [0.25, 0.3) is 5.91 Å². The van der Waals surface area contributed by atoms with Crippen LogP contribution in [0.3, 0.4) is 0 Å². The van der Waals surface area contributed by atoms with Gasteiger partial charge in [0.2, 0.25) is 0 Å². The maximum absolute atomic E-state index is 12.7. The molecule has 4 rings (SSSR count). The van der Waals surface area contributed by atoms with Crippen molar-refractivity contribution >= 4 is 17.6 Å². The van der Waals surface area contributed by atoms with Gasteiger partial charge in [0.05, 0.1) is 0 Å². The molecule has 3 fully saturated rings. The van der Waals surface area contributed by atoms with Crippen LogP contribution in [0.5, 0.6) is 0 Å². The zero-order valence-corrected chi connectivity index (χ0v) is 15.2. The minimum atomic E-state index is -0.0863. The van der Waals surface area contributed by atoms with Crippen LogP contribution in [0.2, 0.25) is 0 Å². The largest absolute Gasteiger partial charge is 0.348 e. The van der Waals surface area contributed by atoms with Crippen LogP contribution in [0.25, 0.3) is 0 Å². The maximum Gasteiger partial charge on any atom is 0.321 e. The van der Waals surface area contributed by atoms with Gasteiger partial charge in [-0.15, -0.1) is 0 Å². The molecule has 6 nitrogen and oxygen atoms in total. The Kier molecular flexibility index (Phi) is 5.11. The highest BCUT2D eigenvalue weighted by atomic mass is 16.2. The lowest BCUT2D eigenvalue weighted by Crippen LogP contribution is -2.46. The molecule has 1 atom stereocenters. The monoisotopic (exact) mass is 356 g/mol. The summed E-state index contributed by atoms with van der Waals surface area (Å²) in [5.74, 6) is -0.0393. The molecule has 0 unspecified atom stereocenters. The van der Waals surface area contributed by atoms with Gasteiger partial charge in [0.1, 0.15) is 0 Å². The Morgan fingerprint density at radius 1 is 1.12 bits per heavy atom. The molecule has 2 saturated heterocycles. The average molecular weight is 356 g/mol. The van der Waals surface area contributed by atoms with E-state index in [0.29, 0.717) is 18.7 Å². The fourth-order valence-electron chi connectivity index (χ4n) is 4.47. The van der Waals surface area contributed by atoms with Crippen LogP contribution in [0.15, 0.2) is 24.3 Å². The van der Waals surface area contributed by atoms with Crippen molar-refractivity contribution in [2.75, 3.05) is 31.1 Å². The van der Waals surface area contributed by atoms with Gasteiger partial charge in [0, 0.05) is 49.5 Å². The highest BCUT2D eigenvalue weighted by Gasteiger charge is 2.30. The molecule has 1 aromatic rings. The Balaban J connectivity index is 1.37. The lowest BCUT2D eigenvalue weighted by atomic mass is 10.1. The van der Waals surface area contributed by atoms with E-state index in [-0.39, 0.29) is 18.0 Å². The van der Waals surface area contributed by atoms with Gasteiger partial charge >= 0.3 is 6.03 Å². The Morgan fingerprint density at radius 2 is 1.96 bits per heavy atom. The predicted molar refractivity (Wildman–Crippen MR) is 102 cm³/mol. The Morgan fingerprint density at radius 3 is 2.77 bits per heavy atom. The summed E-state index contributed by atoms with van der Waals surface area (Å²) in [5, 5.41) is 6.04. The number of hydrogen-bond acceptors (Lipinski definition) is 3. The summed E-state index contributed by atoms with van der Waals surface area (Å²) in [4.78, 5) is 29.0. The van der Waals surface area contributed by atoms with Crippen LogP contribution in [0.4, 0.5) is 10.5 Å². The quantitative estimate of drug-likeness (QED) is 0.870. The van der Waals surface area contributed by atoms with Crippen LogP contribution in [0, 0.1) is 0 Å². The number of carbonyl (C=O) groups is 2. The topological polar surface area (TPSA) is 64.7 Å². The van der Waals surface area contributed by atoms with Crippen molar-refractivity contribution in [3.63, 3.8) is 0 Å². The first kappa shape index (κ1) is 17.3. The Labute approximate surface area is 154 Å². The number of likely N-dealkylation sites (tertiary alicyclic amines) is 1. The predicted octanol–water partition coefficient (Wildman–Crippen LogP) is 2.35. The van der Waals surface area contributed by atoms with E-state index in [1.807, 2.05) is 24.3 Å². The van der Waals surface area contributed by atoms with Crippen molar-refractivity contribution < 1.29 is 9.59 Å². The zero-order chi connectivity index (χ0) is 17.9. The number of anilines is 1. The minimum Gasteiger partial charge on any atom is -0.348 e. The molecule has 1 aliphatic carbocycles. The number of benzene rings is 1. The van der Waals surface area contributed by atoms with Gasteiger partial charge in [-0.3, -0.25) is 14.6 Å². The van der Waals surface area contributed by atoms with Crippen molar-refractivity contribution in [3.05, 3.63) is 29.8 Å². The number of urea groups is 1. The van der Waals surface area contributed by atoms with Gasteiger partial charge < -0.3 is 10.6 Å². The molecule has 140 valence electrons. The van der Waals surface area contributed by atoms with Crippen molar-refractivity contribution in [2.45, 2.75) is 50.6 Å². The first-order valence-electron chi connectivity index (χ1n) is 9.91.